The second kappa shape index (κ2) is 5.57. The van der Waals surface area contributed by atoms with E-state index in [2.05, 4.69) is 4.98 Å². The first-order chi connectivity index (χ1) is 10.2. The number of carboxylic acids is 1. The summed E-state index contributed by atoms with van der Waals surface area (Å²) in [5, 5.41) is 10.7. The van der Waals surface area contributed by atoms with Crippen molar-refractivity contribution < 1.29 is 14.6 Å². The fourth-order valence-electron chi connectivity index (χ4n) is 2.17. The van der Waals surface area contributed by atoms with E-state index in [0.29, 0.717) is 6.42 Å². The number of carbonyl (C=O) groups is 1. The van der Waals surface area contributed by atoms with Crippen molar-refractivity contribution >= 4 is 22.3 Å². The topological polar surface area (TPSA) is 63.8 Å². The van der Waals surface area contributed by atoms with Crippen molar-refractivity contribution in [3.05, 3.63) is 41.5 Å². The van der Waals surface area contributed by atoms with Gasteiger partial charge in [0.25, 0.3) is 0 Å². The monoisotopic (exact) mass is 302 g/mol. The van der Waals surface area contributed by atoms with Crippen LogP contribution < -0.4 is 4.74 Å². The lowest BCUT2D eigenvalue weighted by molar-refractivity contribution is -0.136. The van der Waals surface area contributed by atoms with Crippen LogP contribution in [0.3, 0.4) is 0 Å². The molecule has 108 valence electrons. The van der Waals surface area contributed by atoms with Gasteiger partial charge in [-0.25, -0.2) is 4.98 Å². The highest BCUT2D eigenvalue weighted by atomic mass is 32.1. The minimum atomic E-state index is -0.789. The Hall–Kier alpha value is -2.34. The maximum Gasteiger partial charge on any atom is 0.303 e. The second-order valence-corrected chi connectivity index (χ2v) is 5.47. The van der Waals surface area contributed by atoms with Crippen LogP contribution in [0.1, 0.15) is 12.1 Å². The standard InChI is InChI=1S/C15H14N2O3S/c1-20-12-4-2-3-10(7-12)13-8-17-11(5-6-14(18)19)9-21-15(17)16-13/h2-4,7-9H,5-6H2,1H3,(H,18,19). The molecule has 3 aromatic rings. The second-order valence-electron chi connectivity index (χ2n) is 4.63. The molecule has 0 unspecified atom stereocenters. The number of rotatable bonds is 5. The molecule has 1 aromatic carbocycles. The molecule has 0 saturated heterocycles. The zero-order chi connectivity index (χ0) is 14.8. The molecular formula is C15H14N2O3S. The van der Waals surface area contributed by atoms with Crippen LogP contribution in [0.25, 0.3) is 16.2 Å². The van der Waals surface area contributed by atoms with Crippen molar-refractivity contribution in [1.82, 2.24) is 9.38 Å². The van der Waals surface area contributed by atoms with Gasteiger partial charge in [-0.05, 0) is 18.6 Å². The minimum Gasteiger partial charge on any atom is -0.497 e. The van der Waals surface area contributed by atoms with Crippen molar-refractivity contribution in [2.75, 3.05) is 7.11 Å². The molecular weight excluding hydrogens is 288 g/mol. The summed E-state index contributed by atoms with van der Waals surface area (Å²) in [7, 11) is 1.63. The molecule has 5 nitrogen and oxygen atoms in total. The number of aromatic nitrogens is 2. The molecule has 0 aliphatic rings. The molecule has 0 fully saturated rings. The van der Waals surface area contributed by atoms with Gasteiger partial charge in [-0.2, -0.15) is 0 Å². The van der Waals surface area contributed by atoms with Crippen LogP contribution in [-0.4, -0.2) is 27.6 Å². The van der Waals surface area contributed by atoms with Crippen LogP contribution in [0.4, 0.5) is 0 Å². The Balaban J connectivity index is 1.95. The Bertz CT molecular complexity index is 791. The van der Waals surface area contributed by atoms with Gasteiger partial charge in [0.2, 0.25) is 0 Å². The molecule has 0 saturated carbocycles. The molecule has 1 N–H and O–H groups in total. The SMILES string of the molecule is COc1cccc(-c2cn3c(CCC(=O)O)csc3n2)c1. The Labute approximate surface area is 125 Å². The maximum atomic E-state index is 10.7. The van der Waals surface area contributed by atoms with Gasteiger partial charge in [0.15, 0.2) is 4.96 Å². The molecule has 0 aliphatic heterocycles. The van der Waals surface area contributed by atoms with E-state index in [1.54, 1.807) is 7.11 Å². The highest BCUT2D eigenvalue weighted by Gasteiger charge is 2.11. The van der Waals surface area contributed by atoms with Crippen LogP contribution in [0.2, 0.25) is 0 Å². The Kier molecular flexibility index (Phi) is 3.62. The molecule has 3 rings (SSSR count). The van der Waals surface area contributed by atoms with Crippen molar-refractivity contribution in [3.8, 4) is 17.0 Å². The highest BCUT2D eigenvalue weighted by Crippen LogP contribution is 2.26. The third-order valence-corrected chi connectivity index (χ3v) is 4.13. The fourth-order valence-corrected chi connectivity index (χ4v) is 3.07. The average molecular weight is 302 g/mol. The van der Waals surface area contributed by atoms with E-state index < -0.39 is 5.97 Å². The predicted molar refractivity (Wildman–Crippen MR) is 81.0 cm³/mol. The van der Waals surface area contributed by atoms with Crippen molar-refractivity contribution in [2.24, 2.45) is 0 Å². The summed E-state index contributed by atoms with van der Waals surface area (Å²) in [6, 6.07) is 7.72. The number of hydrogen-bond donors (Lipinski definition) is 1. The van der Waals surface area contributed by atoms with E-state index in [-0.39, 0.29) is 6.42 Å². The summed E-state index contributed by atoms with van der Waals surface area (Å²) in [5.74, 6) is -0.00237. The number of benzene rings is 1. The van der Waals surface area contributed by atoms with E-state index >= 15 is 0 Å². The summed E-state index contributed by atoms with van der Waals surface area (Å²) >= 11 is 1.52. The molecule has 2 heterocycles. The van der Waals surface area contributed by atoms with E-state index in [0.717, 1.165) is 27.7 Å². The summed E-state index contributed by atoms with van der Waals surface area (Å²) in [4.78, 5) is 16.1. The third-order valence-electron chi connectivity index (χ3n) is 3.24. The van der Waals surface area contributed by atoms with Crippen molar-refractivity contribution in [3.63, 3.8) is 0 Å². The van der Waals surface area contributed by atoms with Crippen molar-refractivity contribution in [1.29, 1.82) is 0 Å². The molecule has 0 spiro atoms. The molecule has 0 amide bonds. The number of carboxylic acid groups (broad SMARTS) is 1. The molecule has 6 heteroatoms. The van der Waals surface area contributed by atoms with Crippen LogP contribution >= 0.6 is 11.3 Å². The summed E-state index contributed by atoms with van der Waals surface area (Å²) < 4.78 is 7.18. The van der Waals surface area contributed by atoms with Gasteiger partial charge in [0, 0.05) is 22.8 Å². The van der Waals surface area contributed by atoms with Gasteiger partial charge in [-0.3, -0.25) is 9.20 Å². The van der Waals surface area contributed by atoms with Crippen LogP contribution in [-0.2, 0) is 11.2 Å². The fraction of sp³-hybridized carbons (Fsp3) is 0.200. The number of aliphatic carboxylic acids is 1. The quantitative estimate of drug-likeness (QED) is 0.786. The van der Waals surface area contributed by atoms with Gasteiger partial charge in [0.05, 0.1) is 19.2 Å². The zero-order valence-electron chi connectivity index (χ0n) is 11.4. The first-order valence-electron chi connectivity index (χ1n) is 6.49. The first-order valence-corrected chi connectivity index (χ1v) is 7.37. The van der Waals surface area contributed by atoms with Crippen LogP contribution in [0.15, 0.2) is 35.8 Å². The zero-order valence-corrected chi connectivity index (χ0v) is 12.3. The van der Waals surface area contributed by atoms with Gasteiger partial charge < -0.3 is 9.84 Å². The lowest BCUT2D eigenvalue weighted by Crippen LogP contribution is -1.99. The van der Waals surface area contributed by atoms with Gasteiger partial charge in [0.1, 0.15) is 5.75 Å². The number of hydrogen-bond acceptors (Lipinski definition) is 4. The van der Waals surface area contributed by atoms with E-state index in [9.17, 15) is 4.79 Å². The lowest BCUT2D eigenvalue weighted by atomic mass is 10.1. The average Bonchev–Trinajstić information content (AvgIpc) is 3.05. The highest BCUT2D eigenvalue weighted by molar-refractivity contribution is 7.15. The summed E-state index contributed by atoms with van der Waals surface area (Å²) in [6.07, 6.45) is 2.57. The number of methoxy groups -OCH3 is 1. The Morgan fingerprint density at radius 3 is 3.10 bits per heavy atom. The normalized spacial score (nSPS) is 10.9. The number of thiazole rings is 1. The first kappa shape index (κ1) is 13.6. The maximum absolute atomic E-state index is 10.7. The Morgan fingerprint density at radius 2 is 2.33 bits per heavy atom. The molecule has 0 radical (unpaired) electrons. The van der Waals surface area contributed by atoms with Gasteiger partial charge in [-0.1, -0.05) is 12.1 Å². The van der Waals surface area contributed by atoms with Crippen LogP contribution in [0.5, 0.6) is 5.75 Å². The summed E-state index contributed by atoms with van der Waals surface area (Å²) in [6.45, 7) is 0. The smallest absolute Gasteiger partial charge is 0.303 e. The molecule has 0 bridgehead atoms. The lowest BCUT2D eigenvalue weighted by Gasteiger charge is -2.01. The van der Waals surface area contributed by atoms with Gasteiger partial charge in [-0.15, -0.1) is 11.3 Å². The number of ether oxygens (including phenoxy) is 1. The molecule has 2 aromatic heterocycles. The van der Waals surface area contributed by atoms with Crippen LogP contribution in [0, 0.1) is 0 Å². The summed E-state index contributed by atoms with van der Waals surface area (Å²) in [5.41, 5.74) is 2.81. The van der Waals surface area contributed by atoms with E-state index in [1.165, 1.54) is 11.3 Å². The number of imidazole rings is 1. The third kappa shape index (κ3) is 2.75. The number of fused-ring (bicyclic) bond motifs is 1. The predicted octanol–water partition coefficient (Wildman–Crippen LogP) is 3.09. The molecule has 0 atom stereocenters. The number of aryl methyl sites for hydroxylation is 1. The molecule has 0 aliphatic carbocycles. The van der Waals surface area contributed by atoms with E-state index in [1.807, 2.05) is 40.2 Å². The largest absolute Gasteiger partial charge is 0.497 e. The minimum absolute atomic E-state index is 0.124. The Morgan fingerprint density at radius 1 is 1.48 bits per heavy atom. The van der Waals surface area contributed by atoms with Crippen molar-refractivity contribution in [2.45, 2.75) is 12.8 Å². The van der Waals surface area contributed by atoms with E-state index in [4.69, 9.17) is 9.84 Å². The van der Waals surface area contributed by atoms with Gasteiger partial charge >= 0.3 is 5.97 Å². The number of nitrogens with zero attached hydrogens (tertiary/aromatic N) is 2. The molecule has 21 heavy (non-hydrogen) atoms.